The van der Waals surface area contributed by atoms with Crippen molar-refractivity contribution in [2.75, 3.05) is 6.54 Å². The molecule has 0 atom stereocenters. The van der Waals surface area contributed by atoms with E-state index in [1.807, 2.05) is 24.3 Å². The van der Waals surface area contributed by atoms with Crippen LogP contribution in [-0.2, 0) is 13.5 Å². The Hall–Kier alpha value is -1.46. The van der Waals surface area contributed by atoms with E-state index in [0.717, 1.165) is 5.56 Å². The van der Waals surface area contributed by atoms with E-state index in [-0.39, 0.29) is 5.78 Å². The minimum Gasteiger partial charge on any atom is -0.330 e. The summed E-state index contributed by atoms with van der Waals surface area (Å²) in [7, 11) is 1.75. The number of aryl methyl sites for hydroxylation is 1. The molecule has 0 radical (unpaired) electrons. The minimum absolute atomic E-state index is 0.0362. The summed E-state index contributed by atoms with van der Waals surface area (Å²) in [6.07, 6.45) is 2.32. The third kappa shape index (κ3) is 2.37. The van der Waals surface area contributed by atoms with Crippen LogP contribution in [0.25, 0.3) is 0 Å². The number of aromatic nitrogens is 2. The van der Waals surface area contributed by atoms with Crippen molar-refractivity contribution >= 4 is 21.7 Å². The number of nitrogens with two attached hydrogens (primary N) is 1. The molecule has 1 aromatic carbocycles. The van der Waals surface area contributed by atoms with Gasteiger partial charge in [0, 0.05) is 12.6 Å². The lowest BCUT2D eigenvalue weighted by Crippen LogP contribution is -2.13. The van der Waals surface area contributed by atoms with Gasteiger partial charge in [0.05, 0.1) is 10.7 Å². The number of nitrogens with zero attached hydrogens (tertiary/aromatic N) is 2. The summed E-state index contributed by atoms with van der Waals surface area (Å²) in [4.78, 5) is 12.5. The molecule has 0 saturated carbocycles. The van der Waals surface area contributed by atoms with E-state index in [1.54, 1.807) is 17.9 Å². The summed E-state index contributed by atoms with van der Waals surface area (Å²) >= 11 is 3.35. The highest BCUT2D eigenvalue weighted by molar-refractivity contribution is 9.10. The first-order chi connectivity index (χ1) is 8.65. The highest BCUT2D eigenvalue weighted by Gasteiger charge is 2.19. The van der Waals surface area contributed by atoms with Crippen molar-refractivity contribution in [3.8, 4) is 0 Å². The van der Waals surface area contributed by atoms with Gasteiger partial charge in [-0.2, -0.15) is 5.10 Å². The Balaban J connectivity index is 2.46. The van der Waals surface area contributed by atoms with Crippen molar-refractivity contribution in [2.24, 2.45) is 12.8 Å². The Kier molecular flexibility index (Phi) is 3.93. The molecular weight excluding hydrogens is 294 g/mol. The highest BCUT2D eigenvalue weighted by atomic mass is 79.9. The molecule has 5 heteroatoms. The summed E-state index contributed by atoms with van der Waals surface area (Å²) in [6, 6.07) is 7.54. The molecule has 0 saturated heterocycles. The lowest BCUT2D eigenvalue weighted by atomic mass is 9.99. The summed E-state index contributed by atoms with van der Waals surface area (Å²) in [5, 5.41) is 4.06. The van der Waals surface area contributed by atoms with Crippen molar-refractivity contribution in [3.63, 3.8) is 0 Å². The van der Waals surface area contributed by atoms with Crippen LogP contribution in [0.3, 0.4) is 0 Å². The smallest absolute Gasteiger partial charge is 0.212 e. The Bertz CT molecular complexity index is 558. The van der Waals surface area contributed by atoms with Crippen LogP contribution < -0.4 is 5.73 Å². The van der Waals surface area contributed by atoms with Gasteiger partial charge in [0.25, 0.3) is 0 Å². The number of ketones is 1. The van der Waals surface area contributed by atoms with Gasteiger partial charge in [-0.15, -0.1) is 0 Å². The standard InChI is InChI=1S/C13H14BrN3O/c1-17-12(11(14)8-16-17)13(18)10-5-3-2-4-9(10)6-7-15/h2-5,8H,6-7,15H2,1H3. The molecule has 2 rings (SSSR count). The highest BCUT2D eigenvalue weighted by Crippen LogP contribution is 2.21. The molecular formula is C13H14BrN3O. The van der Waals surface area contributed by atoms with Gasteiger partial charge >= 0.3 is 0 Å². The molecule has 0 fully saturated rings. The van der Waals surface area contributed by atoms with E-state index >= 15 is 0 Å². The predicted molar refractivity (Wildman–Crippen MR) is 73.5 cm³/mol. The zero-order chi connectivity index (χ0) is 13.1. The molecule has 0 amide bonds. The second-order valence-corrected chi connectivity index (χ2v) is 4.84. The minimum atomic E-state index is -0.0362. The molecule has 2 aromatic rings. The topological polar surface area (TPSA) is 60.9 Å². The first-order valence-electron chi connectivity index (χ1n) is 5.65. The van der Waals surface area contributed by atoms with E-state index in [1.165, 1.54) is 0 Å². The molecule has 94 valence electrons. The number of carbonyl (C=O) groups is 1. The Labute approximate surface area is 114 Å². The number of rotatable bonds is 4. The fourth-order valence-corrected chi connectivity index (χ4v) is 2.44. The fraction of sp³-hybridized carbons (Fsp3) is 0.231. The zero-order valence-electron chi connectivity index (χ0n) is 10.1. The van der Waals surface area contributed by atoms with E-state index in [0.29, 0.717) is 28.7 Å². The zero-order valence-corrected chi connectivity index (χ0v) is 11.6. The lowest BCUT2D eigenvalue weighted by molar-refractivity contribution is 0.102. The van der Waals surface area contributed by atoms with Gasteiger partial charge in [0.15, 0.2) is 0 Å². The summed E-state index contributed by atoms with van der Waals surface area (Å²) in [6.45, 7) is 0.525. The molecule has 1 aromatic heterocycles. The molecule has 18 heavy (non-hydrogen) atoms. The van der Waals surface area contributed by atoms with Crippen LogP contribution >= 0.6 is 15.9 Å². The quantitative estimate of drug-likeness (QED) is 0.878. The maximum Gasteiger partial charge on any atom is 0.212 e. The normalized spacial score (nSPS) is 10.6. The third-order valence-corrected chi connectivity index (χ3v) is 3.37. The van der Waals surface area contributed by atoms with Crippen LogP contribution in [0.4, 0.5) is 0 Å². The number of halogens is 1. The molecule has 0 aliphatic rings. The number of carbonyl (C=O) groups excluding carboxylic acids is 1. The van der Waals surface area contributed by atoms with Crippen molar-refractivity contribution in [1.82, 2.24) is 9.78 Å². The molecule has 0 spiro atoms. The Morgan fingerprint density at radius 2 is 2.17 bits per heavy atom. The van der Waals surface area contributed by atoms with Gasteiger partial charge in [-0.05, 0) is 34.5 Å². The van der Waals surface area contributed by atoms with Crippen LogP contribution in [-0.4, -0.2) is 22.1 Å². The van der Waals surface area contributed by atoms with E-state index in [9.17, 15) is 4.79 Å². The average Bonchev–Trinajstić information content (AvgIpc) is 2.69. The van der Waals surface area contributed by atoms with Gasteiger partial charge < -0.3 is 5.73 Å². The van der Waals surface area contributed by atoms with Crippen molar-refractivity contribution in [2.45, 2.75) is 6.42 Å². The summed E-state index contributed by atoms with van der Waals surface area (Å²) < 4.78 is 2.28. The summed E-state index contributed by atoms with van der Waals surface area (Å²) in [5.74, 6) is -0.0362. The molecule has 0 bridgehead atoms. The molecule has 0 aliphatic heterocycles. The Morgan fingerprint density at radius 3 is 2.78 bits per heavy atom. The second-order valence-electron chi connectivity index (χ2n) is 3.99. The van der Waals surface area contributed by atoms with Crippen LogP contribution in [0.1, 0.15) is 21.6 Å². The predicted octanol–water partition coefficient (Wildman–Crippen LogP) is 1.91. The molecule has 2 N–H and O–H groups in total. The van der Waals surface area contributed by atoms with Crippen LogP contribution in [0.15, 0.2) is 34.9 Å². The third-order valence-electron chi connectivity index (χ3n) is 2.78. The SMILES string of the molecule is Cn1ncc(Br)c1C(=O)c1ccccc1CCN. The molecule has 4 nitrogen and oxygen atoms in total. The number of benzene rings is 1. The van der Waals surface area contributed by atoms with Crippen molar-refractivity contribution < 1.29 is 4.79 Å². The van der Waals surface area contributed by atoms with E-state index in [2.05, 4.69) is 21.0 Å². The maximum atomic E-state index is 12.5. The van der Waals surface area contributed by atoms with Crippen LogP contribution in [0, 0.1) is 0 Å². The van der Waals surface area contributed by atoms with E-state index < -0.39 is 0 Å². The number of hydrogen-bond acceptors (Lipinski definition) is 3. The van der Waals surface area contributed by atoms with Gasteiger partial charge in [-0.3, -0.25) is 9.48 Å². The van der Waals surface area contributed by atoms with Gasteiger partial charge in [-0.25, -0.2) is 0 Å². The van der Waals surface area contributed by atoms with Crippen molar-refractivity contribution in [3.05, 3.63) is 51.8 Å². The van der Waals surface area contributed by atoms with Gasteiger partial charge in [0.2, 0.25) is 5.78 Å². The van der Waals surface area contributed by atoms with E-state index in [4.69, 9.17) is 5.73 Å². The first-order valence-corrected chi connectivity index (χ1v) is 6.44. The van der Waals surface area contributed by atoms with Gasteiger partial charge in [0.1, 0.15) is 5.69 Å². The average molecular weight is 308 g/mol. The maximum absolute atomic E-state index is 12.5. The van der Waals surface area contributed by atoms with Crippen LogP contribution in [0.2, 0.25) is 0 Å². The second kappa shape index (κ2) is 5.46. The molecule has 1 heterocycles. The first kappa shape index (κ1) is 13.0. The molecule has 0 aliphatic carbocycles. The van der Waals surface area contributed by atoms with Crippen molar-refractivity contribution in [1.29, 1.82) is 0 Å². The van der Waals surface area contributed by atoms with Crippen LogP contribution in [0.5, 0.6) is 0 Å². The monoisotopic (exact) mass is 307 g/mol. The fourth-order valence-electron chi connectivity index (χ4n) is 1.91. The Morgan fingerprint density at radius 1 is 1.44 bits per heavy atom. The lowest BCUT2D eigenvalue weighted by Gasteiger charge is -2.08. The summed E-state index contributed by atoms with van der Waals surface area (Å²) in [5.41, 5.74) is 7.78. The largest absolute Gasteiger partial charge is 0.330 e. The number of hydrogen-bond donors (Lipinski definition) is 1. The van der Waals surface area contributed by atoms with Gasteiger partial charge in [-0.1, -0.05) is 24.3 Å². The molecule has 0 unspecified atom stereocenters.